The highest BCUT2D eigenvalue weighted by Crippen LogP contribution is 2.48. The Balaban J connectivity index is 2.15. The van der Waals surface area contributed by atoms with Crippen LogP contribution in [0.3, 0.4) is 0 Å². The number of carbonyl (C=O) groups excluding carboxylic acids is 1. The second-order valence-electron chi connectivity index (χ2n) is 4.94. The summed E-state index contributed by atoms with van der Waals surface area (Å²) in [5, 5.41) is 10.3. The van der Waals surface area contributed by atoms with Gasteiger partial charge in [-0.05, 0) is 18.9 Å². The molecule has 1 aromatic carbocycles. The number of para-hydroxylation sites is 1. The lowest BCUT2D eigenvalue weighted by Crippen LogP contribution is -2.19. The number of benzene rings is 1. The predicted octanol–water partition coefficient (Wildman–Crippen LogP) is 2.13. The quantitative estimate of drug-likeness (QED) is 0.819. The molecule has 0 radical (unpaired) electrons. The molecule has 1 heterocycles. The van der Waals surface area contributed by atoms with Gasteiger partial charge in [-0.1, -0.05) is 18.2 Å². The van der Waals surface area contributed by atoms with E-state index in [-0.39, 0.29) is 12.4 Å². The van der Waals surface area contributed by atoms with Crippen molar-refractivity contribution < 1.29 is 9.90 Å². The molecular weight excluding hydrogens is 214 g/mol. The summed E-state index contributed by atoms with van der Waals surface area (Å²) in [4.78, 5) is 12.4. The summed E-state index contributed by atoms with van der Waals surface area (Å²) < 4.78 is 1.97. The molecule has 88 valence electrons. The number of Topliss-reactive ketones (excluding diaryl/α,β-unsaturated/α-hetero) is 1. The van der Waals surface area contributed by atoms with Gasteiger partial charge in [0.05, 0.1) is 12.0 Å². The van der Waals surface area contributed by atoms with Crippen LogP contribution in [-0.2, 0) is 7.05 Å². The number of rotatable bonds is 3. The van der Waals surface area contributed by atoms with E-state index in [0.717, 1.165) is 29.3 Å². The highest BCUT2D eigenvalue weighted by atomic mass is 16.3. The number of aryl methyl sites for hydroxylation is 1. The summed E-state index contributed by atoms with van der Waals surface area (Å²) in [6.07, 6.45) is 3.50. The fourth-order valence-corrected chi connectivity index (χ4v) is 2.42. The minimum Gasteiger partial charge on any atom is -0.395 e. The van der Waals surface area contributed by atoms with Gasteiger partial charge in [0.25, 0.3) is 0 Å². The summed E-state index contributed by atoms with van der Waals surface area (Å²) in [6.45, 7) is -0.0327. The van der Waals surface area contributed by atoms with Gasteiger partial charge in [-0.3, -0.25) is 4.79 Å². The SMILES string of the molecule is Cn1cc(C(=O)C2(CO)CC2)c2ccccc21. The van der Waals surface area contributed by atoms with Crippen LogP contribution in [0, 0.1) is 5.41 Å². The summed E-state index contributed by atoms with van der Waals surface area (Å²) in [5.41, 5.74) is 1.32. The number of nitrogens with zero attached hydrogens (tertiary/aromatic N) is 1. The Labute approximate surface area is 99.7 Å². The number of fused-ring (bicyclic) bond motifs is 1. The van der Waals surface area contributed by atoms with Crippen molar-refractivity contribution in [2.24, 2.45) is 12.5 Å². The number of hydrogen-bond donors (Lipinski definition) is 1. The molecule has 0 aliphatic heterocycles. The van der Waals surface area contributed by atoms with E-state index < -0.39 is 5.41 Å². The second kappa shape index (κ2) is 3.44. The largest absolute Gasteiger partial charge is 0.395 e. The van der Waals surface area contributed by atoms with Crippen LogP contribution < -0.4 is 0 Å². The molecular formula is C14H15NO2. The van der Waals surface area contributed by atoms with Crippen molar-refractivity contribution in [3.8, 4) is 0 Å². The maximum absolute atomic E-state index is 12.4. The number of hydrogen-bond acceptors (Lipinski definition) is 2. The lowest BCUT2D eigenvalue weighted by molar-refractivity contribution is 0.0831. The lowest BCUT2D eigenvalue weighted by atomic mass is 9.95. The third kappa shape index (κ3) is 1.42. The van der Waals surface area contributed by atoms with E-state index in [4.69, 9.17) is 0 Å². The van der Waals surface area contributed by atoms with E-state index in [1.165, 1.54) is 0 Å². The molecule has 3 nitrogen and oxygen atoms in total. The van der Waals surface area contributed by atoms with E-state index in [9.17, 15) is 9.90 Å². The minimum absolute atomic E-state index is 0.0327. The fourth-order valence-electron chi connectivity index (χ4n) is 2.42. The van der Waals surface area contributed by atoms with Gasteiger partial charge < -0.3 is 9.67 Å². The molecule has 0 spiro atoms. The monoisotopic (exact) mass is 229 g/mol. The zero-order valence-electron chi connectivity index (χ0n) is 9.81. The number of aromatic nitrogens is 1. The Kier molecular flexibility index (Phi) is 2.13. The van der Waals surface area contributed by atoms with Crippen molar-refractivity contribution in [1.29, 1.82) is 0 Å². The van der Waals surface area contributed by atoms with Crippen LogP contribution in [0.5, 0.6) is 0 Å². The van der Waals surface area contributed by atoms with E-state index in [2.05, 4.69) is 0 Å². The average molecular weight is 229 g/mol. The van der Waals surface area contributed by atoms with Crippen molar-refractivity contribution in [1.82, 2.24) is 4.57 Å². The normalized spacial score (nSPS) is 17.3. The Morgan fingerprint density at radius 1 is 1.41 bits per heavy atom. The summed E-state index contributed by atoms with van der Waals surface area (Å²) >= 11 is 0. The van der Waals surface area contributed by atoms with Gasteiger partial charge in [0.15, 0.2) is 5.78 Å². The molecule has 1 aliphatic rings. The molecule has 2 aromatic rings. The zero-order chi connectivity index (χ0) is 12.0. The zero-order valence-corrected chi connectivity index (χ0v) is 9.81. The standard InChI is InChI=1S/C14H15NO2/c1-15-8-11(10-4-2-3-5-12(10)15)13(17)14(9-16)6-7-14/h2-5,8,16H,6-7,9H2,1H3. The number of ketones is 1. The maximum atomic E-state index is 12.4. The predicted molar refractivity (Wildman–Crippen MR) is 66.0 cm³/mol. The molecule has 0 bridgehead atoms. The van der Waals surface area contributed by atoms with Crippen LogP contribution in [0.2, 0.25) is 0 Å². The number of aliphatic hydroxyl groups is 1. The molecule has 1 aliphatic carbocycles. The number of carbonyl (C=O) groups is 1. The lowest BCUT2D eigenvalue weighted by Gasteiger charge is -2.08. The van der Waals surface area contributed by atoms with Gasteiger partial charge in [-0.15, -0.1) is 0 Å². The van der Waals surface area contributed by atoms with Crippen LogP contribution in [0.1, 0.15) is 23.2 Å². The van der Waals surface area contributed by atoms with Gasteiger partial charge in [0.2, 0.25) is 0 Å². The van der Waals surface area contributed by atoms with Crippen molar-refractivity contribution in [2.75, 3.05) is 6.61 Å². The summed E-state index contributed by atoms with van der Waals surface area (Å²) in [6, 6.07) is 7.88. The molecule has 0 amide bonds. The van der Waals surface area contributed by atoms with Crippen LogP contribution in [0.4, 0.5) is 0 Å². The molecule has 0 unspecified atom stereocenters. The smallest absolute Gasteiger partial charge is 0.173 e. The minimum atomic E-state index is -0.482. The second-order valence-corrected chi connectivity index (χ2v) is 4.94. The van der Waals surface area contributed by atoms with Gasteiger partial charge in [0, 0.05) is 29.7 Å². The van der Waals surface area contributed by atoms with E-state index in [1.54, 1.807) is 0 Å². The van der Waals surface area contributed by atoms with Gasteiger partial charge in [0.1, 0.15) is 0 Å². The Hall–Kier alpha value is -1.61. The van der Waals surface area contributed by atoms with Crippen molar-refractivity contribution >= 4 is 16.7 Å². The van der Waals surface area contributed by atoms with E-state index >= 15 is 0 Å². The molecule has 3 rings (SSSR count). The first kappa shape index (κ1) is 10.5. The van der Waals surface area contributed by atoms with Crippen molar-refractivity contribution in [3.05, 3.63) is 36.0 Å². The van der Waals surface area contributed by atoms with E-state index in [0.29, 0.717) is 0 Å². The highest BCUT2D eigenvalue weighted by molar-refractivity contribution is 6.11. The Morgan fingerprint density at radius 3 is 2.76 bits per heavy atom. The van der Waals surface area contributed by atoms with Crippen LogP contribution in [0.25, 0.3) is 10.9 Å². The van der Waals surface area contributed by atoms with Gasteiger partial charge in [-0.25, -0.2) is 0 Å². The molecule has 1 saturated carbocycles. The average Bonchev–Trinajstić information content (AvgIpc) is 3.10. The molecule has 0 atom stereocenters. The first-order chi connectivity index (χ1) is 8.18. The van der Waals surface area contributed by atoms with Gasteiger partial charge >= 0.3 is 0 Å². The molecule has 3 heteroatoms. The van der Waals surface area contributed by atoms with Gasteiger partial charge in [-0.2, -0.15) is 0 Å². The maximum Gasteiger partial charge on any atom is 0.173 e. The Bertz CT molecular complexity index is 593. The van der Waals surface area contributed by atoms with E-state index in [1.807, 2.05) is 42.1 Å². The summed E-state index contributed by atoms with van der Waals surface area (Å²) in [7, 11) is 1.94. The first-order valence-electron chi connectivity index (χ1n) is 5.88. The number of aliphatic hydroxyl groups excluding tert-OH is 1. The third-order valence-corrected chi connectivity index (χ3v) is 3.78. The van der Waals surface area contributed by atoms with Crippen LogP contribution in [0.15, 0.2) is 30.5 Å². The molecule has 1 fully saturated rings. The molecule has 1 N–H and O–H groups in total. The van der Waals surface area contributed by atoms with Crippen LogP contribution in [-0.4, -0.2) is 22.1 Å². The molecule has 17 heavy (non-hydrogen) atoms. The Morgan fingerprint density at radius 2 is 2.12 bits per heavy atom. The highest BCUT2D eigenvalue weighted by Gasteiger charge is 2.49. The summed E-state index contributed by atoms with van der Waals surface area (Å²) in [5.74, 6) is 0.0943. The van der Waals surface area contributed by atoms with Crippen LogP contribution >= 0.6 is 0 Å². The molecule has 0 saturated heterocycles. The third-order valence-electron chi connectivity index (χ3n) is 3.78. The first-order valence-corrected chi connectivity index (χ1v) is 5.88. The fraction of sp³-hybridized carbons (Fsp3) is 0.357. The molecule has 1 aromatic heterocycles. The topological polar surface area (TPSA) is 42.2 Å². The van der Waals surface area contributed by atoms with Crippen molar-refractivity contribution in [3.63, 3.8) is 0 Å². The van der Waals surface area contributed by atoms with Crippen molar-refractivity contribution in [2.45, 2.75) is 12.8 Å².